The van der Waals surface area contributed by atoms with Crippen LogP contribution < -0.4 is 15.0 Å². The Bertz CT molecular complexity index is 1660. The molecule has 10 nitrogen and oxygen atoms in total. The Morgan fingerprint density at radius 1 is 1.13 bits per heavy atom. The monoisotopic (exact) mass is 663 g/mol. The molecule has 12 heteroatoms. The molecule has 1 N–H and O–H groups in total. The van der Waals surface area contributed by atoms with E-state index in [9.17, 15) is 14.4 Å². The van der Waals surface area contributed by atoms with Crippen molar-refractivity contribution in [1.29, 1.82) is 5.26 Å². The largest absolute Gasteiger partial charge is 0.489 e. The highest BCUT2D eigenvalue weighted by Gasteiger charge is 2.47. The number of carbonyl (C=O) groups is 1. The van der Waals surface area contributed by atoms with Gasteiger partial charge in [0.05, 0.1) is 29.2 Å². The molecule has 47 heavy (non-hydrogen) atoms. The molecule has 3 aromatic rings. The van der Waals surface area contributed by atoms with Crippen molar-refractivity contribution in [3.63, 3.8) is 0 Å². The zero-order valence-corrected chi connectivity index (χ0v) is 30.1. The van der Waals surface area contributed by atoms with Crippen LogP contribution in [0.1, 0.15) is 59.6 Å². The fourth-order valence-electron chi connectivity index (χ4n) is 4.94. The third-order valence-electron chi connectivity index (χ3n) is 8.52. The Hall–Kier alpha value is -4.05. The van der Waals surface area contributed by atoms with Crippen LogP contribution in [0.4, 0.5) is 26.5 Å². The Kier molecular flexibility index (Phi) is 10.3. The molecule has 252 valence electrons. The van der Waals surface area contributed by atoms with Crippen LogP contribution >= 0.6 is 0 Å². The lowest BCUT2D eigenvalue weighted by atomic mass is 9.83. The predicted molar refractivity (Wildman–Crippen MR) is 183 cm³/mol. The van der Waals surface area contributed by atoms with Crippen LogP contribution in [0, 0.1) is 17.1 Å². The van der Waals surface area contributed by atoms with Crippen molar-refractivity contribution in [2.75, 3.05) is 43.7 Å². The Morgan fingerprint density at radius 3 is 2.49 bits per heavy atom. The summed E-state index contributed by atoms with van der Waals surface area (Å²) in [7, 11) is -0.602. The summed E-state index contributed by atoms with van der Waals surface area (Å²) in [4.78, 5) is 24.2. The van der Waals surface area contributed by atoms with Crippen LogP contribution in [-0.2, 0) is 19.3 Å². The average molecular weight is 664 g/mol. The third kappa shape index (κ3) is 8.27. The van der Waals surface area contributed by atoms with Gasteiger partial charge in [0.25, 0.3) is 0 Å². The van der Waals surface area contributed by atoms with Crippen molar-refractivity contribution in [2.24, 2.45) is 0 Å². The summed E-state index contributed by atoms with van der Waals surface area (Å²) in [6, 6.07) is 11.9. The summed E-state index contributed by atoms with van der Waals surface area (Å²) in [5.74, 6) is 0.102. The third-order valence-corrected chi connectivity index (χ3v) is 13.0. The van der Waals surface area contributed by atoms with Crippen LogP contribution in [0.5, 0.6) is 5.75 Å². The van der Waals surface area contributed by atoms with E-state index in [-0.39, 0.29) is 24.1 Å². The number of nitrogens with one attached hydrogen (secondary N) is 1. The van der Waals surface area contributed by atoms with Gasteiger partial charge in [-0.2, -0.15) is 5.26 Å². The van der Waals surface area contributed by atoms with Crippen molar-refractivity contribution < 1.29 is 27.8 Å². The molecule has 0 aliphatic carbocycles. The van der Waals surface area contributed by atoms with Crippen LogP contribution in [-0.4, -0.2) is 63.5 Å². The first-order chi connectivity index (χ1) is 21.9. The number of ether oxygens (including phenoxy) is 3. The number of rotatable bonds is 10. The smallest absolute Gasteiger partial charge is 0.414 e. The Balaban J connectivity index is 1.76. The van der Waals surface area contributed by atoms with E-state index in [0.717, 1.165) is 5.56 Å². The molecular weight excluding hydrogens is 617 g/mol. The minimum atomic E-state index is -2.16. The van der Waals surface area contributed by atoms with Gasteiger partial charge in [-0.15, -0.1) is 0 Å². The molecule has 4 rings (SSSR count). The summed E-state index contributed by atoms with van der Waals surface area (Å²) in [5.41, 5.74) is 1.99. The van der Waals surface area contributed by atoms with Gasteiger partial charge in [-0.1, -0.05) is 27.7 Å². The fraction of sp³-hybridized carbons (Fsp3) is 0.486. The van der Waals surface area contributed by atoms with E-state index in [2.05, 4.69) is 57.2 Å². The Labute approximate surface area is 278 Å². The van der Waals surface area contributed by atoms with E-state index in [1.165, 1.54) is 12.1 Å². The maximum absolute atomic E-state index is 14.0. The minimum absolute atomic E-state index is 0.0150. The summed E-state index contributed by atoms with van der Waals surface area (Å²) in [6.45, 7) is 19.7. The molecule has 1 atom stereocenters. The van der Waals surface area contributed by atoms with E-state index >= 15 is 0 Å². The number of benzene rings is 2. The normalized spacial score (nSPS) is 16.4. The van der Waals surface area contributed by atoms with E-state index in [1.54, 1.807) is 36.4 Å². The molecule has 0 spiro atoms. The van der Waals surface area contributed by atoms with Crippen LogP contribution in [0.3, 0.4) is 0 Å². The summed E-state index contributed by atoms with van der Waals surface area (Å²) < 4.78 is 37.3. The lowest BCUT2D eigenvalue weighted by Gasteiger charge is -2.39. The van der Waals surface area contributed by atoms with Gasteiger partial charge in [0.2, 0.25) is 5.95 Å². The Morgan fingerprint density at radius 2 is 1.85 bits per heavy atom. The number of amides is 1. The molecule has 2 heterocycles. The highest BCUT2D eigenvalue weighted by molar-refractivity contribution is 6.74. The van der Waals surface area contributed by atoms with E-state index in [0.29, 0.717) is 47.2 Å². The number of carbonyl (C=O) groups excluding carboxylic acids is 1. The highest BCUT2D eigenvalue weighted by atomic mass is 28.4. The van der Waals surface area contributed by atoms with Gasteiger partial charge >= 0.3 is 6.09 Å². The van der Waals surface area contributed by atoms with E-state index in [4.69, 9.17) is 23.6 Å². The number of hydrogen-bond donors (Lipinski definition) is 1. The summed E-state index contributed by atoms with van der Waals surface area (Å²) >= 11 is 0. The molecule has 2 aromatic carbocycles. The van der Waals surface area contributed by atoms with Crippen molar-refractivity contribution in [1.82, 2.24) is 9.97 Å². The molecule has 1 aliphatic heterocycles. The minimum Gasteiger partial charge on any atom is -0.489 e. The first-order valence-corrected chi connectivity index (χ1v) is 18.5. The topological polar surface area (TPSA) is 119 Å². The first kappa shape index (κ1) is 35.8. The summed E-state index contributed by atoms with van der Waals surface area (Å²) in [5, 5.41) is 13.5. The van der Waals surface area contributed by atoms with Crippen molar-refractivity contribution in [3.05, 3.63) is 59.5 Å². The molecule has 1 aliphatic rings. The number of halogens is 1. The van der Waals surface area contributed by atoms with Gasteiger partial charge in [-0.05, 0) is 74.8 Å². The fourth-order valence-corrected chi connectivity index (χ4v) is 6.05. The quantitative estimate of drug-likeness (QED) is 0.170. The molecular formula is C35H46FN5O5Si. The van der Waals surface area contributed by atoms with E-state index in [1.807, 2.05) is 26.8 Å². The van der Waals surface area contributed by atoms with Crippen molar-refractivity contribution in [3.8, 4) is 23.1 Å². The number of anilines is 3. The van der Waals surface area contributed by atoms with Gasteiger partial charge in [0.15, 0.2) is 8.32 Å². The average Bonchev–Trinajstić information content (AvgIpc) is 3.29. The summed E-state index contributed by atoms with van der Waals surface area (Å²) in [6.07, 6.45) is 1.08. The molecule has 0 radical (unpaired) electrons. The van der Waals surface area contributed by atoms with Crippen LogP contribution in [0.15, 0.2) is 42.6 Å². The lowest BCUT2D eigenvalue weighted by Crippen LogP contribution is -2.46. The second-order valence-electron chi connectivity index (χ2n) is 14.6. The van der Waals surface area contributed by atoms with E-state index < -0.39 is 31.2 Å². The van der Waals surface area contributed by atoms with Crippen LogP contribution in [0.2, 0.25) is 18.1 Å². The number of nitriles is 1. The van der Waals surface area contributed by atoms with Gasteiger partial charge in [-0.25, -0.2) is 19.2 Å². The van der Waals surface area contributed by atoms with Gasteiger partial charge in [-0.3, -0.25) is 4.90 Å². The SMILES string of the molecule is COCCOc1cc(F)ccc1Nc1nccc(-c2cc(C#N)c3c(c2)[C@@](C)(CO[Si](C)(C)C(C)(C)C)CN3C(=O)OC(C)(C)C)n1. The van der Waals surface area contributed by atoms with Gasteiger partial charge < -0.3 is 24.0 Å². The molecule has 0 saturated carbocycles. The maximum Gasteiger partial charge on any atom is 0.414 e. The molecule has 0 fully saturated rings. The second-order valence-corrected chi connectivity index (χ2v) is 19.4. The van der Waals surface area contributed by atoms with Gasteiger partial charge in [0, 0.05) is 43.5 Å². The zero-order valence-electron chi connectivity index (χ0n) is 29.1. The number of hydrogen-bond acceptors (Lipinski definition) is 9. The molecule has 0 unspecified atom stereocenters. The lowest BCUT2D eigenvalue weighted by molar-refractivity contribution is 0.0575. The zero-order chi connectivity index (χ0) is 34.8. The molecule has 0 bridgehead atoms. The first-order valence-electron chi connectivity index (χ1n) is 15.6. The van der Waals surface area contributed by atoms with Crippen molar-refractivity contribution >= 4 is 31.7 Å². The van der Waals surface area contributed by atoms with Gasteiger partial charge in [0.1, 0.15) is 29.8 Å². The second kappa shape index (κ2) is 13.6. The number of nitrogens with zero attached hydrogens (tertiary/aromatic N) is 4. The number of methoxy groups -OCH3 is 1. The number of aromatic nitrogens is 2. The number of fused-ring (bicyclic) bond motifs is 1. The molecule has 1 aromatic heterocycles. The van der Waals surface area contributed by atoms with Crippen molar-refractivity contribution in [2.45, 2.75) is 77.6 Å². The molecule has 1 amide bonds. The maximum atomic E-state index is 14.0. The molecule has 0 saturated heterocycles. The predicted octanol–water partition coefficient (Wildman–Crippen LogP) is 7.96. The van der Waals surface area contributed by atoms with Crippen LogP contribution in [0.25, 0.3) is 11.3 Å². The standard InChI is InChI=1S/C35H46FN5O5Si/c1-33(2,3)46-32(42)41-21-35(7,22-45-47(9,10)34(4,5)6)26-18-23(17-24(20-37)30(26)41)27-13-14-38-31(39-27)40-28-12-11-25(36)19-29(28)44-16-15-43-8/h11-14,17-19H,15-16,21-22H2,1-10H3,(H,38,39,40)/t35-/m1/s1. The highest BCUT2D eigenvalue weighted by Crippen LogP contribution is 2.47.